The minimum absolute atomic E-state index is 0.421. The van der Waals surface area contributed by atoms with Gasteiger partial charge in [0.25, 0.3) is 5.91 Å². The van der Waals surface area contributed by atoms with Crippen LogP contribution in [0.15, 0.2) is 66.7 Å². The summed E-state index contributed by atoms with van der Waals surface area (Å²) in [4.78, 5) is 25.0. The predicted octanol–water partition coefficient (Wildman–Crippen LogP) is 4.42. The second-order valence-electron chi connectivity index (χ2n) is 5.99. The van der Waals surface area contributed by atoms with E-state index >= 15 is 0 Å². The zero-order valence-electron chi connectivity index (χ0n) is 15.3. The molecular formula is C22H21NO4. The first kappa shape index (κ1) is 18.5. The minimum atomic E-state index is -0.953. The number of amides is 1. The van der Waals surface area contributed by atoms with Gasteiger partial charge in [0, 0.05) is 0 Å². The van der Waals surface area contributed by atoms with Crippen LogP contribution in [0.4, 0.5) is 5.69 Å². The highest BCUT2D eigenvalue weighted by molar-refractivity contribution is 6.05. The molecule has 138 valence electrons. The van der Waals surface area contributed by atoms with E-state index in [1.165, 1.54) is 0 Å². The topological polar surface area (TPSA) is 64.6 Å². The quantitative estimate of drug-likeness (QED) is 0.658. The Morgan fingerprint density at radius 3 is 2.48 bits per heavy atom. The van der Waals surface area contributed by atoms with Gasteiger partial charge in [0.1, 0.15) is 5.75 Å². The number of ether oxygens (including phenoxy) is 2. The van der Waals surface area contributed by atoms with Gasteiger partial charge in [-0.25, -0.2) is 4.79 Å². The molecule has 0 radical (unpaired) electrons. The number of benzene rings is 3. The van der Waals surface area contributed by atoms with E-state index in [0.29, 0.717) is 23.6 Å². The third-order valence-electron chi connectivity index (χ3n) is 4.11. The van der Waals surface area contributed by atoms with E-state index in [1.807, 2.05) is 43.3 Å². The molecule has 0 fully saturated rings. The monoisotopic (exact) mass is 363 g/mol. The lowest BCUT2D eigenvalue weighted by Gasteiger charge is -2.16. The first-order valence-corrected chi connectivity index (χ1v) is 8.81. The Morgan fingerprint density at radius 2 is 1.67 bits per heavy atom. The van der Waals surface area contributed by atoms with Gasteiger partial charge in [-0.3, -0.25) is 4.79 Å². The zero-order valence-corrected chi connectivity index (χ0v) is 15.3. The number of rotatable bonds is 6. The molecule has 3 aromatic carbocycles. The molecule has 1 atom stereocenters. The molecule has 1 N–H and O–H groups in total. The van der Waals surface area contributed by atoms with Gasteiger partial charge in [-0.2, -0.15) is 0 Å². The van der Waals surface area contributed by atoms with Crippen molar-refractivity contribution in [1.29, 1.82) is 0 Å². The molecule has 0 aliphatic heterocycles. The molecule has 27 heavy (non-hydrogen) atoms. The molecule has 0 spiro atoms. The van der Waals surface area contributed by atoms with Crippen LogP contribution in [0.5, 0.6) is 5.75 Å². The maximum absolute atomic E-state index is 12.6. The average molecular weight is 363 g/mol. The van der Waals surface area contributed by atoms with E-state index in [0.717, 1.165) is 10.8 Å². The second-order valence-corrected chi connectivity index (χ2v) is 5.99. The van der Waals surface area contributed by atoms with Gasteiger partial charge in [-0.05, 0) is 42.8 Å². The van der Waals surface area contributed by atoms with Crippen LogP contribution in [-0.4, -0.2) is 24.6 Å². The molecule has 1 unspecified atom stereocenters. The zero-order chi connectivity index (χ0) is 19.2. The molecule has 0 bridgehead atoms. The summed E-state index contributed by atoms with van der Waals surface area (Å²) in [5.74, 6) is -0.385. The summed E-state index contributed by atoms with van der Waals surface area (Å²) in [7, 11) is 0. The number of nitrogens with one attached hydrogen (secondary N) is 1. The molecule has 5 heteroatoms. The van der Waals surface area contributed by atoms with Gasteiger partial charge in [0.2, 0.25) is 0 Å². The Kier molecular flexibility index (Phi) is 5.71. The normalized spacial score (nSPS) is 11.6. The highest BCUT2D eigenvalue weighted by Crippen LogP contribution is 2.24. The van der Waals surface area contributed by atoms with Gasteiger partial charge >= 0.3 is 5.97 Å². The lowest BCUT2D eigenvalue weighted by molar-refractivity contribution is -0.123. The molecule has 0 aromatic heterocycles. The second kappa shape index (κ2) is 8.36. The lowest BCUT2D eigenvalue weighted by atomic mass is 10.0. The number of hydrogen-bond acceptors (Lipinski definition) is 4. The Morgan fingerprint density at radius 1 is 0.963 bits per heavy atom. The van der Waals surface area contributed by atoms with Crippen LogP contribution in [-0.2, 0) is 9.53 Å². The van der Waals surface area contributed by atoms with Crippen molar-refractivity contribution in [2.24, 2.45) is 0 Å². The number of carbonyl (C=O) groups is 2. The Bertz CT molecular complexity index is 962. The van der Waals surface area contributed by atoms with Crippen LogP contribution < -0.4 is 10.1 Å². The summed E-state index contributed by atoms with van der Waals surface area (Å²) >= 11 is 0. The van der Waals surface area contributed by atoms with E-state index in [1.54, 1.807) is 37.3 Å². The molecule has 1 amide bonds. The van der Waals surface area contributed by atoms with Gasteiger partial charge in [0.05, 0.1) is 17.9 Å². The van der Waals surface area contributed by atoms with Crippen LogP contribution in [0.1, 0.15) is 24.2 Å². The van der Waals surface area contributed by atoms with Crippen molar-refractivity contribution in [1.82, 2.24) is 0 Å². The number of fused-ring (bicyclic) bond motifs is 1. The highest BCUT2D eigenvalue weighted by atomic mass is 16.5. The summed E-state index contributed by atoms with van der Waals surface area (Å²) in [5, 5.41) is 4.48. The van der Waals surface area contributed by atoms with E-state index in [2.05, 4.69) is 5.32 Å². The SMILES string of the molecule is CCOc1ccccc1NC(=O)C(C)OC(=O)c1cccc2ccccc12. The van der Waals surface area contributed by atoms with E-state index in [-0.39, 0.29) is 0 Å². The van der Waals surface area contributed by atoms with Crippen molar-refractivity contribution in [2.75, 3.05) is 11.9 Å². The minimum Gasteiger partial charge on any atom is -0.492 e. The molecule has 3 rings (SSSR count). The van der Waals surface area contributed by atoms with Crippen LogP contribution in [0.3, 0.4) is 0 Å². The summed E-state index contributed by atoms with van der Waals surface area (Å²) in [6.45, 7) is 3.90. The fourth-order valence-electron chi connectivity index (χ4n) is 2.77. The first-order chi connectivity index (χ1) is 13.1. The van der Waals surface area contributed by atoms with Gasteiger partial charge in [-0.15, -0.1) is 0 Å². The predicted molar refractivity (Wildman–Crippen MR) is 105 cm³/mol. The Balaban J connectivity index is 1.72. The van der Waals surface area contributed by atoms with Gasteiger partial charge in [0.15, 0.2) is 6.10 Å². The Labute approximate surface area is 157 Å². The van der Waals surface area contributed by atoms with Crippen LogP contribution in [0, 0.1) is 0 Å². The van der Waals surface area contributed by atoms with Crippen molar-refractivity contribution in [2.45, 2.75) is 20.0 Å². The lowest BCUT2D eigenvalue weighted by Crippen LogP contribution is -2.30. The summed E-state index contributed by atoms with van der Waals surface area (Å²) in [5.41, 5.74) is 0.972. The van der Waals surface area contributed by atoms with Gasteiger partial charge < -0.3 is 14.8 Å². The molecular weight excluding hydrogens is 342 g/mol. The number of para-hydroxylation sites is 2. The maximum Gasteiger partial charge on any atom is 0.339 e. The Hall–Kier alpha value is -3.34. The summed E-state index contributed by atoms with van der Waals surface area (Å²) in [6.07, 6.45) is -0.953. The van der Waals surface area contributed by atoms with E-state index < -0.39 is 18.0 Å². The molecule has 0 saturated heterocycles. The maximum atomic E-state index is 12.6. The molecule has 0 aliphatic rings. The molecule has 5 nitrogen and oxygen atoms in total. The smallest absolute Gasteiger partial charge is 0.339 e. The van der Waals surface area contributed by atoms with Crippen molar-refractivity contribution >= 4 is 28.3 Å². The van der Waals surface area contributed by atoms with E-state index in [9.17, 15) is 9.59 Å². The van der Waals surface area contributed by atoms with E-state index in [4.69, 9.17) is 9.47 Å². The van der Waals surface area contributed by atoms with Crippen molar-refractivity contribution < 1.29 is 19.1 Å². The van der Waals surface area contributed by atoms with Gasteiger partial charge in [-0.1, -0.05) is 48.5 Å². The number of carbonyl (C=O) groups excluding carboxylic acids is 2. The molecule has 3 aromatic rings. The van der Waals surface area contributed by atoms with Crippen LogP contribution in [0.25, 0.3) is 10.8 Å². The number of esters is 1. The number of hydrogen-bond donors (Lipinski definition) is 1. The van der Waals surface area contributed by atoms with Crippen LogP contribution in [0.2, 0.25) is 0 Å². The fraction of sp³-hybridized carbons (Fsp3) is 0.182. The third-order valence-corrected chi connectivity index (χ3v) is 4.11. The summed E-state index contributed by atoms with van der Waals surface area (Å²) < 4.78 is 10.9. The van der Waals surface area contributed by atoms with Crippen LogP contribution >= 0.6 is 0 Å². The summed E-state index contributed by atoms with van der Waals surface area (Å²) in [6, 6.07) is 20.1. The van der Waals surface area contributed by atoms with Crippen molar-refractivity contribution in [3.63, 3.8) is 0 Å². The third kappa shape index (κ3) is 4.26. The highest BCUT2D eigenvalue weighted by Gasteiger charge is 2.21. The fourth-order valence-corrected chi connectivity index (χ4v) is 2.77. The standard InChI is InChI=1S/C22H21NO4/c1-3-26-20-14-7-6-13-19(20)23-21(24)15(2)27-22(25)18-12-8-10-16-9-4-5-11-17(16)18/h4-15H,3H2,1-2H3,(H,23,24). The number of anilines is 1. The van der Waals surface area contributed by atoms with Crippen molar-refractivity contribution in [3.8, 4) is 5.75 Å². The first-order valence-electron chi connectivity index (χ1n) is 8.81. The molecule has 0 saturated carbocycles. The largest absolute Gasteiger partial charge is 0.492 e. The molecule has 0 aliphatic carbocycles. The van der Waals surface area contributed by atoms with Crippen molar-refractivity contribution in [3.05, 3.63) is 72.3 Å². The molecule has 0 heterocycles. The average Bonchev–Trinajstić information content (AvgIpc) is 2.69.